The molecule has 1 aromatic heterocycles. The van der Waals surface area contributed by atoms with Crippen molar-refractivity contribution in [1.29, 1.82) is 0 Å². The van der Waals surface area contributed by atoms with Crippen LogP contribution >= 0.6 is 0 Å². The second-order valence-electron chi connectivity index (χ2n) is 5.97. The monoisotopic (exact) mass is 313 g/mol. The van der Waals surface area contributed by atoms with Crippen LogP contribution in [-0.2, 0) is 13.0 Å². The fraction of sp³-hybridized carbons (Fsp3) is 0.471. The number of rotatable bonds is 6. The zero-order chi connectivity index (χ0) is 16.1. The lowest BCUT2D eigenvalue weighted by Gasteiger charge is -2.23. The van der Waals surface area contributed by atoms with E-state index in [9.17, 15) is 4.79 Å². The van der Waals surface area contributed by atoms with Gasteiger partial charge in [0.2, 0.25) is 0 Å². The summed E-state index contributed by atoms with van der Waals surface area (Å²) < 4.78 is 1.63. The number of hydrogen-bond donors (Lipinski definition) is 1. The van der Waals surface area contributed by atoms with Crippen molar-refractivity contribution in [3.8, 4) is 0 Å². The lowest BCUT2D eigenvalue weighted by atomic mass is 10.0. The van der Waals surface area contributed by atoms with E-state index in [4.69, 9.17) is 5.73 Å². The molecule has 122 valence electrons. The van der Waals surface area contributed by atoms with Crippen LogP contribution in [0, 0.1) is 0 Å². The molecule has 6 heteroatoms. The molecule has 1 atom stereocenters. The van der Waals surface area contributed by atoms with Crippen molar-refractivity contribution in [3.63, 3.8) is 0 Å². The zero-order valence-corrected chi connectivity index (χ0v) is 13.3. The maximum absolute atomic E-state index is 12.7. The van der Waals surface area contributed by atoms with Crippen LogP contribution in [0.1, 0.15) is 35.3 Å². The van der Waals surface area contributed by atoms with Gasteiger partial charge in [-0.15, -0.1) is 5.10 Å². The van der Waals surface area contributed by atoms with Crippen molar-refractivity contribution in [2.24, 2.45) is 5.73 Å². The topological polar surface area (TPSA) is 77.0 Å². The number of nitrogens with two attached hydrogens (primary N) is 1. The van der Waals surface area contributed by atoms with E-state index in [1.165, 1.54) is 5.56 Å². The SMILES string of the molecule is NCCn1cc(C(=O)N2CCCC2CCc2ccccc2)nn1. The highest BCUT2D eigenvalue weighted by Crippen LogP contribution is 2.23. The van der Waals surface area contributed by atoms with E-state index in [1.54, 1.807) is 10.9 Å². The van der Waals surface area contributed by atoms with Crippen LogP contribution < -0.4 is 5.73 Å². The lowest BCUT2D eigenvalue weighted by Crippen LogP contribution is -2.36. The van der Waals surface area contributed by atoms with Crippen molar-refractivity contribution in [2.75, 3.05) is 13.1 Å². The Morgan fingerprint density at radius 2 is 2.13 bits per heavy atom. The molecule has 0 saturated carbocycles. The summed E-state index contributed by atoms with van der Waals surface area (Å²) in [5, 5.41) is 7.95. The quantitative estimate of drug-likeness (QED) is 0.876. The van der Waals surface area contributed by atoms with Crippen LogP contribution in [0.3, 0.4) is 0 Å². The summed E-state index contributed by atoms with van der Waals surface area (Å²) in [6, 6.07) is 10.7. The minimum Gasteiger partial charge on any atom is -0.334 e. The van der Waals surface area contributed by atoms with Crippen LogP contribution in [0.4, 0.5) is 0 Å². The molecule has 0 spiro atoms. The second kappa shape index (κ2) is 7.37. The Morgan fingerprint density at radius 3 is 2.91 bits per heavy atom. The van der Waals surface area contributed by atoms with Gasteiger partial charge in [-0.05, 0) is 31.2 Å². The molecule has 1 fully saturated rings. The Labute approximate surface area is 136 Å². The van der Waals surface area contributed by atoms with E-state index in [2.05, 4.69) is 34.6 Å². The summed E-state index contributed by atoms with van der Waals surface area (Å²) in [5.74, 6) is -0.0103. The summed E-state index contributed by atoms with van der Waals surface area (Å²) in [7, 11) is 0. The van der Waals surface area contributed by atoms with Gasteiger partial charge in [0.1, 0.15) is 0 Å². The van der Waals surface area contributed by atoms with E-state index < -0.39 is 0 Å². The predicted molar refractivity (Wildman–Crippen MR) is 87.9 cm³/mol. The molecule has 1 aromatic carbocycles. The molecular weight excluding hydrogens is 290 g/mol. The minimum absolute atomic E-state index is 0.0103. The lowest BCUT2D eigenvalue weighted by molar-refractivity contribution is 0.0724. The molecule has 1 aliphatic heterocycles. The van der Waals surface area contributed by atoms with Crippen molar-refractivity contribution >= 4 is 5.91 Å². The normalized spacial score (nSPS) is 17.6. The van der Waals surface area contributed by atoms with Gasteiger partial charge in [-0.3, -0.25) is 9.48 Å². The molecule has 0 radical (unpaired) electrons. The highest BCUT2D eigenvalue weighted by Gasteiger charge is 2.30. The van der Waals surface area contributed by atoms with Gasteiger partial charge in [-0.1, -0.05) is 35.5 Å². The molecule has 1 saturated heterocycles. The Hall–Kier alpha value is -2.21. The van der Waals surface area contributed by atoms with Crippen LogP contribution in [0.2, 0.25) is 0 Å². The summed E-state index contributed by atoms with van der Waals surface area (Å²) in [6.45, 7) is 1.88. The Bertz CT molecular complexity index is 639. The van der Waals surface area contributed by atoms with E-state index in [1.807, 2.05) is 11.0 Å². The fourth-order valence-corrected chi connectivity index (χ4v) is 3.17. The number of carbonyl (C=O) groups excluding carboxylic acids is 1. The first-order valence-corrected chi connectivity index (χ1v) is 8.23. The third-order valence-corrected chi connectivity index (χ3v) is 4.36. The molecule has 1 aliphatic rings. The van der Waals surface area contributed by atoms with Crippen LogP contribution in [0.25, 0.3) is 0 Å². The minimum atomic E-state index is -0.0103. The number of benzene rings is 1. The average molecular weight is 313 g/mol. The van der Waals surface area contributed by atoms with E-state index >= 15 is 0 Å². The highest BCUT2D eigenvalue weighted by atomic mass is 16.2. The van der Waals surface area contributed by atoms with Crippen molar-refractivity contribution in [2.45, 2.75) is 38.3 Å². The van der Waals surface area contributed by atoms with Gasteiger partial charge >= 0.3 is 0 Å². The standard InChI is InChI=1S/C17H23N5O/c18-10-12-21-13-16(19-20-21)17(23)22-11-4-7-15(22)9-8-14-5-2-1-3-6-14/h1-3,5-6,13,15H,4,7-12,18H2. The zero-order valence-electron chi connectivity index (χ0n) is 13.3. The smallest absolute Gasteiger partial charge is 0.276 e. The molecule has 2 N–H and O–H groups in total. The molecule has 2 aromatic rings. The Balaban J connectivity index is 1.62. The van der Waals surface area contributed by atoms with Crippen LogP contribution in [0.5, 0.6) is 0 Å². The molecule has 1 unspecified atom stereocenters. The molecule has 2 heterocycles. The molecular formula is C17H23N5O. The Morgan fingerprint density at radius 1 is 1.30 bits per heavy atom. The number of amides is 1. The van der Waals surface area contributed by atoms with Gasteiger partial charge in [-0.25, -0.2) is 0 Å². The van der Waals surface area contributed by atoms with Gasteiger partial charge in [0.05, 0.1) is 12.7 Å². The molecule has 23 heavy (non-hydrogen) atoms. The first kappa shape index (κ1) is 15.7. The highest BCUT2D eigenvalue weighted by molar-refractivity contribution is 5.92. The van der Waals surface area contributed by atoms with Gasteiger partial charge in [0, 0.05) is 19.1 Å². The number of likely N-dealkylation sites (tertiary alicyclic amines) is 1. The maximum atomic E-state index is 12.7. The molecule has 6 nitrogen and oxygen atoms in total. The third-order valence-electron chi connectivity index (χ3n) is 4.36. The number of nitrogens with zero attached hydrogens (tertiary/aromatic N) is 4. The third kappa shape index (κ3) is 3.76. The van der Waals surface area contributed by atoms with Crippen molar-refractivity contribution in [1.82, 2.24) is 19.9 Å². The predicted octanol–water partition coefficient (Wildman–Crippen LogP) is 1.47. The van der Waals surface area contributed by atoms with Gasteiger partial charge in [-0.2, -0.15) is 0 Å². The average Bonchev–Trinajstić information content (AvgIpc) is 3.23. The number of hydrogen-bond acceptors (Lipinski definition) is 4. The van der Waals surface area contributed by atoms with Gasteiger partial charge in [0.15, 0.2) is 5.69 Å². The van der Waals surface area contributed by atoms with E-state index in [0.717, 1.165) is 32.2 Å². The molecule has 0 aliphatic carbocycles. The summed E-state index contributed by atoms with van der Waals surface area (Å²) in [4.78, 5) is 14.6. The molecule has 1 amide bonds. The van der Waals surface area contributed by atoms with Crippen molar-refractivity contribution in [3.05, 3.63) is 47.8 Å². The number of carbonyl (C=O) groups is 1. The van der Waals surface area contributed by atoms with Gasteiger partial charge in [0.25, 0.3) is 5.91 Å². The first-order chi connectivity index (χ1) is 11.3. The number of aryl methyl sites for hydroxylation is 1. The largest absolute Gasteiger partial charge is 0.334 e. The first-order valence-electron chi connectivity index (χ1n) is 8.23. The summed E-state index contributed by atoms with van der Waals surface area (Å²) in [5.41, 5.74) is 7.24. The molecule has 3 rings (SSSR count). The van der Waals surface area contributed by atoms with Crippen molar-refractivity contribution < 1.29 is 4.79 Å². The van der Waals surface area contributed by atoms with E-state index in [0.29, 0.717) is 24.8 Å². The number of aromatic nitrogens is 3. The van der Waals surface area contributed by atoms with Crippen LogP contribution in [-0.4, -0.2) is 44.9 Å². The summed E-state index contributed by atoms with van der Waals surface area (Å²) >= 11 is 0. The fourth-order valence-electron chi connectivity index (χ4n) is 3.17. The van der Waals surface area contributed by atoms with Crippen LogP contribution in [0.15, 0.2) is 36.5 Å². The Kier molecular flexibility index (Phi) is 5.02. The summed E-state index contributed by atoms with van der Waals surface area (Å²) in [6.07, 6.45) is 5.81. The van der Waals surface area contributed by atoms with E-state index in [-0.39, 0.29) is 5.91 Å². The molecule has 0 bridgehead atoms. The maximum Gasteiger partial charge on any atom is 0.276 e. The van der Waals surface area contributed by atoms with Gasteiger partial charge < -0.3 is 10.6 Å². The second-order valence-corrected chi connectivity index (χ2v) is 5.97.